The van der Waals surface area contributed by atoms with Gasteiger partial charge in [-0.25, -0.2) is 14.8 Å². The molecule has 0 bridgehead atoms. The maximum Gasteiger partial charge on any atom is 0.407 e. The molecule has 6 nitrogen and oxygen atoms in total. The van der Waals surface area contributed by atoms with Gasteiger partial charge in [0.05, 0.1) is 6.04 Å². The second-order valence-electron chi connectivity index (χ2n) is 5.98. The molecule has 1 atom stereocenters. The summed E-state index contributed by atoms with van der Waals surface area (Å²) in [5.41, 5.74) is 0.0695. The summed E-state index contributed by atoms with van der Waals surface area (Å²) in [5, 5.41) is 2.88. The van der Waals surface area contributed by atoms with E-state index >= 15 is 0 Å². The number of carbonyl (C=O) groups excluding carboxylic acids is 1. The molecule has 1 N–H and O–H groups in total. The van der Waals surface area contributed by atoms with Crippen LogP contribution in [0.5, 0.6) is 0 Å². The van der Waals surface area contributed by atoms with Crippen molar-refractivity contribution in [2.24, 2.45) is 0 Å². The van der Waals surface area contributed by atoms with Crippen molar-refractivity contribution >= 4 is 11.9 Å². The molecule has 6 heteroatoms. The lowest BCUT2D eigenvalue weighted by atomic mass is 10.2. The molecule has 21 heavy (non-hydrogen) atoms. The molecule has 1 aliphatic rings. The monoisotopic (exact) mass is 288 g/mol. The normalized spacial score (nSPS) is 18.2. The first-order chi connectivity index (χ1) is 9.87. The van der Waals surface area contributed by atoms with E-state index in [0.717, 1.165) is 18.8 Å². The SMILES string of the molecule is C#Cc1cc(N2CCC(NC(=O)OC(C)(C)C)C2)ncn1. The molecule has 0 saturated carbocycles. The number of anilines is 1. The maximum absolute atomic E-state index is 11.8. The Labute approximate surface area is 124 Å². The molecular weight excluding hydrogens is 268 g/mol. The minimum absolute atomic E-state index is 0.0455. The first kappa shape index (κ1) is 15.1. The van der Waals surface area contributed by atoms with E-state index in [2.05, 4.69) is 26.1 Å². The molecule has 0 spiro atoms. The van der Waals surface area contributed by atoms with E-state index < -0.39 is 5.60 Å². The molecule has 112 valence electrons. The molecule has 0 radical (unpaired) electrons. The highest BCUT2D eigenvalue weighted by Crippen LogP contribution is 2.18. The molecule has 1 aliphatic heterocycles. The second-order valence-corrected chi connectivity index (χ2v) is 5.98. The molecule has 1 unspecified atom stereocenters. The number of amides is 1. The van der Waals surface area contributed by atoms with Crippen LogP contribution in [0, 0.1) is 12.3 Å². The van der Waals surface area contributed by atoms with Crippen molar-refractivity contribution in [2.75, 3.05) is 18.0 Å². The molecule has 2 rings (SSSR count). The van der Waals surface area contributed by atoms with Gasteiger partial charge in [-0.05, 0) is 27.2 Å². The van der Waals surface area contributed by atoms with Crippen molar-refractivity contribution in [1.29, 1.82) is 0 Å². The van der Waals surface area contributed by atoms with Crippen LogP contribution in [0.4, 0.5) is 10.6 Å². The number of hydrogen-bond acceptors (Lipinski definition) is 5. The number of rotatable bonds is 2. The molecule has 1 aromatic rings. The fourth-order valence-electron chi connectivity index (χ4n) is 2.16. The highest BCUT2D eigenvalue weighted by molar-refractivity contribution is 5.68. The Hall–Kier alpha value is -2.29. The second kappa shape index (κ2) is 6.00. The Morgan fingerprint density at radius 1 is 1.52 bits per heavy atom. The van der Waals surface area contributed by atoms with Gasteiger partial charge in [0.1, 0.15) is 23.4 Å². The highest BCUT2D eigenvalue weighted by atomic mass is 16.6. The van der Waals surface area contributed by atoms with Crippen molar-refractivity contribution < 1.29 is 9.53 Å². The van der Waals surface area contributed by atoms with Gasteiger partial charge in [0.25, 0.3) is 0 Å². The molecule has 1 aromatic heterocycles. The van der Waals surface area contributed by atoms with Gasteiger partial charge in [0.15, 0.2) is 0 Å². The number of nitrogens with zero attached hydrogens (tertiary/aromatic N) is 3. The van der Waals surface area contributed by atoms with E-state index in [0.29, 0.717) is 12.2 Å². The van der Waals surface area contributed by atoms with E-state index in [1.807, 2.05) is 20.8 Å². The first-order valence-corrected chi connectivity index (χ1v) is 6.90. The summed E-state index contributed by atoms with van der Waals surface area (Å²) < 4.78 is 5.26. The average Bonchev–Trinajstić information content (AvgIpc) is 2.85. The summed E-state index contributed by atoms with van der Waals surface area (Å²) in [7, 11) is 0. The number of nitrogens with one attached hydrogen (secondary N) is 1. The van der Waals surface area contributed by atoms with Gasteiger partial charge in [-0.3, -0.25) is 0 Å². The van der Waals surface area contributed by atoms with Crippen LogP contribution in [0.15, 0.2) is 12.4 Å². The fraction of sp³-hybridized carbons (Fsp3) is 0.533. The van der Waals surface area contributed by atoms with Crippen LogP contribution in [0.3, 0.4) is 0 Å². The zero-order chi connectivity index (χ0) is 15.5. The van der Waals surface area contributed by atoms with Crippen LogP contribution in [0.2, 0.25) is 0 Å². The van der Waals surface area contributed by atoms with Crippen LogP contribution < -0.4 is 10.2 Å². The molecule has 1 fully saturated rings. The largest absolute Gasteiger partial charge is 0.444 e. The third kappa shape index (κ3) is 4.35. The van der Waals surface area contributed by atoms with E-state index in [1.54, 1.807) is 6.07 Å². The molecular formula is C15H20N4O2. The van der Waals surface area contributed by atoms with Gasteiger partial charge in [0, 0.05) is 19.2 Å². The third-order valence-electron chi connectivity index (χ3n) is 3.03. The number of terminal acetylenes is 1. The van der Waals surface area contributed by atoms with Crippen LogP contribution in [-0.4, -0.2) is 40.8 Å². The first-order valence-electron chi connectivity index (χ1n) is 6.90. The number of alkyl carbamates (subject to hydrolysis) is 1. The molecule has 2 heterocycles. The standard InChI is InChI=1S/C15H20N4O2/c1-5-11-8-13(17-10-16-11)19-7-6-12(9-19)18-14(20)21-15(2,3)4/h1,8,10,12H,6-7,9H2,2-4H3,(H,18,20). The van der Waals surface area contributed by atoms with Gasteiger partial charge in [-0.1, -0.05) is 5.92 Å². The summed E-state index contributed by atoms with van der Waals surface area (Å²) in [6.07, 6.45) is 7.25. The van der Waals surface area contributed by atoms with Crippen molar-refractivity contribution in [3.05, 3.63) is 18.1 Å². The molecule has 1 saturated heterocycles. The van der Waals surface area contributed by atoms with E-state index in [-0.39, 0.29) is 12.1 Å². The van der Waals surface area contributed by atoms with Crippen LogP contribution >= 0.6 is 0 Å². The van der Waals surface area contributed by atoms with E-state index in [1.165, 1.54) is 6.33 Å². The van der Waals surface area contributed by atoms with Crippen molar-refractivity contribution in [2.45, 2.75) is 38.8 Å². The number of ether oxygens (including phenoxy) is 1. The maximum atomic E-state index is 11.8. The number of hydrogen-bond donors (Lipinski definition) is 1. The van der Waals surface area contributed by atoms with Gasteiger partial charge in [0.2, 0.25) is 0 Å². The lowest BCUT2D eigenvalue weighted by Gasteiger charge is -2.22. The summed E-state index contributed by atoms with van der Waals surface area (Å²) in [5.74, 6) is 3.28. The number of carbonyl (C=O) groups is 1. The predicted octanol–water partition coefficient (Wildman–Crippen LogP) is 1.56. The minimum atomic E-state index is -0.489. The quantitative estimate of drug-likeness (QED) is 0.837. The van der Waals surface area contributed by atoms with Crippen LogP contribution in [0.1, 0.15) is 32.9 Å². The Kier molecular flexibility index (Phi) is 4.32. The van der Waals surface area contributed by atoms with Gasteiger partial charge in [-0.2, -0.15) is 0 Å². The van der Waals surface area contributed by atoms with Crippen molar-refractivity contribution in [1.82, 2.24) is 15.3 Å². The van der Waals surface area contributed by atoms with Crippen molar-refractivity contribution in [3.63, 3.8) is 0 Å². The zero-order valence-electron chi connectivity index (χ0n) is 12.6. The summed E-state index contributed by atoms with van der Waals surface area (Å²) in [6.45, 7) is 7.02. The minimum Gasteiger partial charge on any atom is -0.444 e. The summed E-state index contributed by atoms with van der Waals surface area (Å²) in [4.78, 5) is 22.0. The topological polar surface area (TPSA) is 67.4 Å². The smallest absolute Gasteiger partial charge is 0.407 e. The molecule has 1 amide bonds. The fourth-order valence-corrected chi connectivity index (χ4v) is 2.16. The third-order valence-corrected chi connectivity index (χ3v) is 3.03. The Morgan fingerprint density at radius 3 is 2.95 bits per heavy atom. The Bertz CT molecular complexity index is 560. The van der Waals surface area contributed by atoms with Crippen LogP contribution in [0.25, 0.3) is 0 Å². The van der Waals surface area contributed by atoms with Crippen LogP contribution in [-0.2, 0) is 4.74 Å². The van der Waals surface area contributed by atoms with E-state index in [9.17, 15) is 4.79 Å². The summed E-state index contributed by atoms with van der Waals surface area (Å²) in [6, 6.07) is 1.82. The molecule has 0 aliphatic carbocycles. The lowest BCUT2D eigenvalue weighted by Crippen LogP contribution is -2.40. The Morgan fingerprint density at radius 2 is 2.29 bits per heavy atom. The summed E-state index contributed by atoms with van der Waals surface area (Å²) >= 11 is 0. The number of aromatic nitrogens is 2. The van der Waals surface area contributed by atoms with Crippen molar-refractivity contribution in [3.8, 4) is 12.3 Å². The zero-order valence-corrected chi connectivity index (χ0v) is 12.6. The van der Waals surface area contributed by atoms with Gasteiger partial charge >= 0.3 is 6.09 Å². The Balaban J connectivity index is 1.92. The van der Waals surface area contributed by atoms with Gasteiger partial charge in [-0.15, -0.1) is 6.42 Å². The predicted molar refractivity (Wildman–Crippen MR) is 80.0 cm³/mol. The molecule has 0 aromatic carbocycles. The highest BCUT2D eigenvalue weighted by Gasteiger charge is 2.26. The average molecular weight is 288 g/mol. The van der Waals surface area contributed by atoms with E-state index in [4.69, 9.17) is 11.2 Å². The van der Waals surface area contributed by atoms with Gasteiger partial charge < -0.3 is 15.0 Å². The lowest BCUT2D eigenvalue weighted by molar-refractivity contribution is 0.0509.